The summed E-state index contributed by atoms with van der Waals surface area (Å²) < 4.78 is 60.1. The van der Waals surface area contributed by atoms with Crippen molar-refractivity contribution in [1.82, 2.24) is 16.0 Å². The molecule has 4 aromatic carbocycles. The number of rotatable bonds is 21. The molecule has 0 radical (unpaired) electrons. The number of carboxylic acid groups (broad SMARTS) is 1. The third-order valence-corrected chi connectivity index (χ3v) is 12.0. The van der Waals surface area contributed by atoms with Gasteiger partial charge < -0.3 is 19.9 Å². The van der Waals surface area contributed by atoms with E-state index in [1.54, 1.807) is 66.7 Å². The molecule has 0 amide bonds. The molecule has 3 fully saturated rings. The van der Waals surface area contributed by atoms with Crippen LogP contribution in [0.4, 0.5) is 0 Å². The largest absolute Gasteiger partial charge is 0.393 e. The maximum absolute atomic E-state index is 12.2. The molecule has 25 nitrogen and oxygen atoms in total. The molecular weight excluding hydrogens is 1100 g/mol. The molecule has 7 unspecified atom stereocenters. The minimum absolute atomic E-state index is 0. The summed E-state index contributed by atoms with van der Waals surface area (Å²) in [6.45, 7) is -0.463. The van der Waals surface area contributed by atoms with Crippen molar-refractivity contribution in [3.63, 3.8) is 0 Å². The molecule has 0 bridgehead atoms. The van der Waals surface area contributed by atoms with Crippen molar-refractivity contribution in [1.29, 1.82) is 0 Å². The molecule has 3 aliphatic heterocycles. The van der Waals surface area contributed by atoms with Crippen molar-refractivity contribution >= 4 is 69.2 Å². The van der Waals surface area contributed by atoms with Crippen LogP contribution in [-0.2, 0) is 80.9 Å². The first kappa shape index (κ1) is 72.3. The van der Waals surface area contributed by atoms with E-state index in [9.17, 15) is 57.6 Å². The van der Waals surface area contributed by atoms with Gasteiger partial charge in [0.15, 0.2) is 0 Å². The smallest absolute Gasteiger partial charge is 0.321 e. The molecule has 84 heavy (non-hydrogen) atoms. The first-order valence-electron chi connectivity index (χ1n) is 26.1. The number of aliphatic hydroxyl groups excluding tert-OH is 3. The SMILES string of the molecule is C.NC1COC(=O)CC(c2ccccc2)C(=O)OC1.O=BCNC(CO)CO.O=BCNC(CO)COC(=O)CC(C(=O)O)c1ccccc1.O=BCNC1COC(=O)CC(c2ccccc2)C(=O)OC1.O=C1CC(c2ccccc2)C(=O)O1. The molecule has 3 saturated heterocycles. The second kappa shape index (κ2) is 42.0. The first-order chi connectivity index (χ1) is 40.1. The van der Waals surface area contributed by atoms with Gasteiger partial charge in [0.05, 0.1) is 30.7 Å². The van der Waals surface area contributed by atoms with Crippen molar-refractivity contribution in [2.45, 2.75) is 80.9 Å². The van der Waals surface area contributed by atoms with Crippen molar-refractivity contribution in [3.8, 4) is 0 Å². The van der Waals surface area contributed by atoms with Gasteiger partial charge in [-0.2, -0.15) is 0 Å². The van der Waals surface area contributed by atoms with Crippen molar-refractivity contribution in [2.75, 3.05) is 72.2 Å². The molecule has 0 aliphatic carbocycles. The van der Waals surface area contributed by atoms with E-state index < -0.39 is 83.5 Å². The van der Waals surface area contributed by atoms with Crippen LogP contribution in [0.25, 0.3) is 0 Å². The van der Waals surface area contributed by atoms with Gasteiger partial charge in [-0.15, -0.1) is 0 Å². The maximum Gasteiger partial charge on any atom is 0.321 e. The summed E-state index contributed by atoms with van der Waals surface area (Å²) in [5.74, 6) is -7.10. The molecule has 4 aromatic rings. The predicted molar refractivity (Wildman–Crippen MR) is 299 cm³/mol. The fourth-order valence-electron chi connectivity index (χ4n) is 7.55. The van der Waals surface area contributed by atoms with E-state index in [-0.39, 0.29) is 117 Å². The second-order valence-corrected chi connectivity index (χ2v) is 18.2. The minimum atomic E-state index is -1.11. The number of hydrogen-bond donors (Lipinski definition) is 8. The Bertz CT molecular complexity index is 2650. The summed E-state index contributed by atoms with van der Waals surface area (Å²) in [6, 6.07) is 33.9. The molecule has 7 atom stereocenters. The monoisotopic (exact) mass is 1170 g/mol. The van der Waals surface area contributed by atoms with Crippen LogP contribution in [0.3, 0.4) is 0 Å². The molecule has 7 rings (SSSR count). The zero-order valence-electron chi connectivity index (χ0n) is 45.3. The van der Waals surface area contributed by atoms with Crippen LogP contribution in [0.15, 0.2) is 121 Å². The normalized spacial score (nSPS) is 19.0. The summed E-state index contributed by atoms with van der Waals surface area (Å²) >= 11 is 0. The molecule has 9 N–H and O–H groups in total. The number of ether oxygens (including phenoxy) is 6. The number of nitrogens with two attached hydrogens (primary N) is 1. The number of esters is 7. The van der Waals surface area contributed by atoms with E-state index in [2.05, 4.69) is 20.7 Å². The standard InChI is InChI=1S/C14H18BNO6.C14H16BNO5.C13H15NO4.C10H8O3.C4H10BNO3.CH4/c17-7-11(16-9-15-21)8-22-13(18)6-12(14(19)20)10-4-2-1-3-5-10;17-13-6-12(10-4-2-1-3-5-10)14(18)21-8-11(7-20-13)16-9-15-19;14-10-7-17-12(15)6-11(13(16)18-8-10)9-4-2-1-3-5-9;11-9-6-8(10(12)13-9)7-4-2-1-3-5-7;7-1-4(2-8)6-3-5-9;/h1-5,11-12,16-17H,6-9H2,(H,19,20);1-5,11-12,16H,6-9H2;1-5,10-11H,6-8,14H2;1-5,8H,6H2;4,6-8H,1-3H2;1H4. The second-order valence-electron chi connectivity index (χ2n) is 18.2. The average molecular weight is 1170 g/mol. The molecule has 0 aromatic heterocycles. The van der Waals surface area contributed by atoms with Crippen molar-refractivity contribution in [2.24, 2.45) is 5.73 Å². The average Bonchev–Trinajstić information content (AvgIpc) is 4.16. The van der Waals surface area contributed by atoms with Gasteiger partial charge in [0.1, 0.15) is 13.2 Å². The van der Waals surface area contributed by atoms with Crippen LogP contribution >= 0.6 is 0 Å². The van der Waals surface area contributed by atoms with Gasteiger partial charge >= 0.3 is 327 Å². The predicted octanol–water partition coefficient (Wildman–Crippen LogP) is 0.375. The Labute approximate surface area is 487 Å². The number of benzene rings is 4. The van der Waals surface area contributed by atoms with Crippen LogP contribution < -0.4 is 21.7 Å². The van der Waals surface area contributed by atoms with Crippen LogP contribution in [0.5, 0.6) is 0 Å². The molecule has 0 spiro atoms. The third kappa shape index (κ3) is 28.0. The van der Waals surface area contributed by atoms with E-state index in [1.165, 1.54) is 0 Å². The summed E-state index contributed by atoms with van der Waals surface area (Å²) in [7, 11) is 2.00. The Kier molecular flexibility index (Phi) is 36.2. The summed E-state index contributed by atoms with van der Waals surface area (Å²) in [5, 5.41) is 43.2. The third-order valence-electron chi connectivity index (χ3n) is 12.0. The molecule has 450 valence electrons. The molecule has 3 aliphatic rings. The molecular formula is C56H71B3N4O21. The van der Waals surface area contributed by atoms with Gasteiger partial charge in [-0.1, -0.05) is 68.1 Å². The number of aliphatic hydroxyl groups is 3. The van der Waals surface area contributed by atoms with Crippen LogP contribution in [0.2, 0.25) is 0 Å². The van der Waals surface area contributed by atoms with E-state index in [4.69, 9.17) is 44.7 Å². The van der Waals surface area contributed by atoms with E-state index in [0.717, 1.165) is 16.7 Å². The Hall–Kier alpha value is -7.85. The zero-order chi connectivity index (χ0) is 60.8. The van der Waals surface area contributed by atoms with E-state index in [0.29, 0.717) is 27.0 Å². The van der Waals surface area contributed by atoms with Gasteiger partial charge in [-0.3, -0.25) is 19.2 Å². The van der Waals surface area contributed by atoms with Crippen LogP contribution in [-0.4, -0.2) is 186 Å². The zero-order valence-corrected chi connectivity index (χ0v) is 45.3. The van der Waals surface area contributed by atoms with Crippen LogP contribution in [0.1, 0.15) is 79.0 Å². The minimum Gasteiger partial charge on any atom is -0.393 e. The quantitative estimate of drug-likeness (QED) is 0.0242. The fourth-order valence-corrected chi connectivity index (χ4v) is 7.55. The van der Waals surface area contributed by atoms with E-state index in [1.807, 2.05) is 54.6 Å². The number of carbonyl (C=O) groups is 8. The molecule has 3 heterocycles. The number of carboxylic acids is 1. The molecule has 0 saturated carbocycles. The number of aliphatic carboxylic acids is 1. The summed E-state index contributed by atoms with van der Waals surface area (Å²) in [4.78, 5) is 92.4. The van der Waals surface area contributed by atoms with Gasteiger partial charge in [0, 0.05) is 0 Å². The van der Waals surface area contributed by atoms with Gasteiger partial charge in [-0.25, -0.2) is 0 Å². The Morgan fingerprint density at radius 2 is 0.940 bits per heavy atom. The summed E-state index contributed by atoms with van der Waals surface area (Å²) in [6.07, 6.45) is 0.116. The van der Waals surface area contributed by atoms with Crippen LogP contribution in [0, 0.1) is 0 Å². The Balaban J connectivity index is 0.000000367. The number of cyclic esters (lactones) is 6. The fraction of sp³-hybridized carbons (Fsp3) is 0.429. The van der Waals surface area contributed by atoms with Gasteiger partial charge in [0.25, 0.3) is 0 Å². The van der Waals surface area contributed by atoms with Crippen molar-refractivity contribution < 1.29 is 101 Å². The van der Waals surface area contributed by atoms with Gasteiger partial charge in [0.2, 0.25) is 0 Å². The number of nitrogens with one attached hydrogen (secondary N) is 3. The first-order valence-corrected chi connectivity index (χ1v) is 26.1. The van der Waals surface area contributed by atoms with Crippen molar-refractivity contribution in [3.05, 3.63) is 144 Å². The number of hydrogen-bond acceptors (Lipinski definition) is 24. The Morgan fingerprint density at radius 3 is 1.37 bits per heavy atom. The Morgan fingerprint density at radius 1 is 0.548 bits per heavy atom. The van der Waals surface area contributed by atoms with E-state index >= 15 is 0 Å². The number of carbonyl (C=O) groups excluding carboxylic acids is 7. The molecule has 28 heteroatoms. The summed E-state index contributed by atoms with van der Waals surface area (Å²) in [5.41, 5.74) is 8.46. The van der Waals surface area contributed by atoms with Gasteiger partial charge in [-0.05, 0) is 11.1 Å². The maximum atomic E-state index is 12.2. The topological polar surface area (TPSA) is 386 Å².